The van der Waals surface area contributed by atoms with Crippen LogP contribution in [-0.2, 0) is 0 Å². The Kier molecular flexibility index (Phi) is 4.57. The molecule has 2 heterocycles. The normalized spacial score (nSPS) is 15.4. The molecule has 3 aromatic rings. The lowest BCUT2D eigenvalue weighted by molar-refractivity contribution is 0.0998. The van der Waals surface area contributed by atoms with E-state index in [-0.39, 0.29) is 11.7 Å². The number of anilines is 2. The third-order valence-corrected chi connectivity index (χ3v) is 5.01. The van der Waals surface area contributed by atoms with Gasteiger partial charge in [-0.1, -0.05) is 35.9 Å². The van der Waals surface area contributed by atoms with Crippen molar-refractivity contribution in [1.29, 1.82) is 0 Å². The number of hydrogen-bond acceptors (Lipinski definition) is 4. The van der Waals surface area contributed by atoms with Crippen LogP contribution in [0.15, 0.2) is 52.9 Å². The number of rotatable bonds is 3. The van der Waals surface area contributed by atoms with Crippen molar-refractivity contribution in [1.82, 2.24) is 4.90 Å². The van der Waals surface area contributed by atoms with Crippen molar-refractivity contribution in [3.05, 3.63) is 59.3 Å². The Morgan fingerprint density at radius 2 is 1.85 bits per heavy atom. The van der Waals surface area contributed by atoms with Gasteiger partial charge >= 0.3 is 0 Å². The first kappa shape index (κ1) is 16.9. The predicted octanol–water partition coefficient (Wildman–Crippen LogP) is 4.09. The quantitative estimate of drug-likeness (QED) is 0.755. The van der Waals surface area contributed by atoms with Crippen molar-refractivity contribution >= 4 is 39.9 Å². The molecule has 5 nitrogen and oxygen atoms in total. The first-order valence-corrected chi connectivity index (χ1v) is 9.01. The molecule has 134 valence electrons. The zero-order valence-electron chi connectivity index (χ0n) is 14.5. The minimum atomic E-state index is -0.279. The Labute approximate surface area is 157 Å². The van der Waals surface area contributed by atoms with Gasteiger partial charge < -0.3 is 19.5 Å². The lowest BCUT2D eigenvalue weighted by atomic mass is 10.2. The average molecular weight is 370 g/mol. The molecule has 0 bridgehead atoms. The molecule has 0 atom stereocenters. The minimum absolute atomic E-state index is 0.279. The van der Waals surface area contributed by atoms with Crippen LogP contribution in [0.2, 0.25) is 5.02 Å². The fraction of sp³-hybridized carbons (Fsp3) is 0.250. The molecule has 1 aliphatic heterocycles. The topological polar surface area (TPSA) is 48.7 Å². The van der Waals surface area contributed by atoms with Crippen LogP contribution in [0, 0.1) is 0 Å². The zero-order chi connectivity index (χ0) is 18.1. The maximum Gasteiger partial charge on any atom is 0.291 e. The summed E-state index contributed by atoms with van der Waals surface area (Å²) in [6.07, 6.45) is 0. The van der Waals surface area contributed by atoms with Gasteiger partial charge in [0.05, 0.1) is 16.4 Å². The van der Waals surface area contributed by atoms with Gasteiger partial charge in [-0.2, -0.15) is 0 Å². The number of carbonyl (C=O) groups is 1. The van der Waals surface area contributed by atoms with Gasteiger partial charge in [0.1, 0.15) is 5.58 Å². The molecule has 1 saturated heterocycles. The third kappa shape index (κ3) is 3.28. The van der Waals surface area contributed by atoms with E-state index >= 15 is 0 Å². The number of likely N-dealkylation sites (N-methyl/N-ethyl adjacent to an activating group) is 1. The highest BCUT2D eigenvalue weighted by Crippen LogP contribution is 2.35. The van der Waals surface area contributed by atoms with Gasteiger partial charge in [0, 0.05) is 31.6 Å². The fourth-order valence-corrected chi connectivity index (χ4v) is 3.54. The van der Waals surface area contributed by atoms with Crippen LogP contribution in [0.3, 0.4) is 0 Å². The molecule has 26 heavy (non-hydrogen) atoms. The van der Waals surface area contributed by atoms with Crippen LogP contribution in [0.4, 0.5) is 11.4 Å². The summed E-state index contributed by atoms with van der Waals surface area (Å²) in [6, 6.07) is 14.9. The molecule has 1 aliphatic rings. The van der Waals surface area contributed by atoms with Gasteiger partial charge in [0.25, 0.3) is 5.91 Å². The van der Waals surface area contributed by atoms with Crippen molar-refractivity contribution in [2.24, 2.45) is 0 Å². The number of piperazine rings is 1. The molecule has 0 aliphatic carbocycles. The zero-order valence-corrected chi connectivity index (χ0v) is 15.3. The third-order valence-electron chi connectivity index (χ3n) is 4.70. The summed E-state index contributed by atoms with van der Waals surface area (Å²) < 4.78 is 5.67. The molecule has 0 spiro atoms. The lowest BCUT2D eigenvalue weighted by Crippen LogP contribution is -2.44. The van der Waals surface area contributed by atoms with Gasteiger partial charge in [0.15, 0.2) is 5.76 Å². The monoisotopic (exact) mass is 369 g/mol. The lowest BCUT2D eigenvalue weighted by Gasteiger charge is -2.35. The standard InChI is InChI=1S/C20H20ClN3O2/c1-23-9-11-24(12-10-23)19-15(21)6-4-7-16(19)22-20(25)18-13-14-5-2-3-8-17(14)26-18/h2-8,13H,9-12H2,1H3,(H,22,25). The van der Waals surface area contributed by atoms with Crippen LogP contribution in [0.25, 0.3) is 11.0 Å². The number of fused-ring (bicyclic) bond motifs is 1. The Morgan fingerprint density at radius 1 is 1.08 bits per heavy atom. The van der Waals surface area contributed by atoms with E-state index in [9.17, 15) is 4.79 Å². The molecule has 1 aromatic heterocycles. The maximum atomic E-state index is 12.7. The number of furan rings is 1. The van der Waals surface area contributed by atoms with Gasteiger partial charge in [-0.3, -0.25) is 4.79 Å². The van der Waals surface area contributed by atoms with E-state index in [4.69, 9.17) is 16.0 Å². The number of nitrogens with zero attached hydrogens (tertiary/aromatic N) is 2. The Bertz CT molecular complexity index is 912. The molecule has 1 fully saturated rings. The number of hydrogen-bond donors (Lipinski definition) is 1. The molecule has 1 N–H and O–H groups in total. The molecule has 0 unspecified atom stereocenters. The first-order valence-electron chi connectivity index (χ1n) is 8.64. The van der Waals surface area contributed by atoms with E-state index in [0.29, 0.717) is 16.3 Å². The van der Waals surface area contributed by atoms with Crippen LogP contribution in [0.1, 0.15) is 10.6 Å². The Balaban J connectivity index is 1.61. The predicted molar refractivity (Wildman–Crippen MR) is 105 cm³/mol. The Hall–Kier alpha value is -2.50. The van der Waals surface area contributed by atoms with Gasteiger partial charge in [-0.25, -0.2) is 0 Å². The number of amides is 1. The van der Waals surface area contributed by atoms with E-state index in [0.717, 1.165) is 37.3 Å². The summed E-state index contributed by atoms with van der Waals surface area (Å²) in [4.78, 5) is 17.2. The van der Waals surface area contributed by atoms with Gasteiger partial charge in [0.2, 0.25) is 0 Å². The first-order chi connectivity index (χ1) is 12.6. The number of para-hydroxylation sites is 2. The average Bonchev–Trinajstić information content (AvgIpc) is 3.07. The summed E-state index contributed by atoms with van der Waals surface area (Å²) in [5.41, 5.74) is 2.27. The highest BCUT2D eigenvalue weighted by molar-refractivity contribution is 6.34. The van der Waals surface area contributed by atoms with E-state index < -0.39 is 0 Å². The van der Waals surface area contributed by atoms with Crippen LogP contribution in [0.5, 0.6) is 0 Å². The minimum Gasteiger partial charge on any atom is -0.451 e. The number of benzene rings is 2. The largest absolute Gasteiger partial charge is 0.451 e. The van der Waals surface area contributed by atoms with E-state index in [1.54, 1.807) is 6.07 Å². The maximum absolute atomic E-state index is 12.7. The van der Waals surface area contributed by atoms with Gasteiger partial charge in [-0.05, 0) is 31.3 Å². The highest BCUT2D eigenvalue weighted by Gasteiger charge is 2.21. The summed E-state index contributed by atoms with van der Waals surface area (Å²) in [5, 5.41) is 4.51. The van der Waals surface area contributed by atoms with E-state index in [1.165, 1.54) is 0 Å². The molecule has 6 heteroatoms. The SMILES string of the molecule is CN1CCN(c2c(Cl)cccc2NC(=O)c2cc3ccccc3o2)CC1. The van der Waals surface area contributed by atoms with Crippen molar-refractivity contribution < 1.29 is 9.21 Å². The second kappa shape index (κ2) is 7.02. The molecule has 4 rings (SSSR count). The van der Waals surface area contributed by atoms with Gasteiger partial charge in [-0.15, -0.1) is 0 Å². The van der Waals surface area contributed by atoms with Crippen LogP contribution < -0.4 is 10.2 Å². The number of nitrogens with one attached hydrogen (secondary N) is 1. The molecular weight excluding hydrogens is 350 g/mol. The number of carbonyl (C=O) groups excluding carboxylic acids is 1. The second-order valence-electron chi connectivity index (χ2n) is 6.53. The summed E-state index contributed by atoms with van der Waals surface area (Å²) in [7, 11) is 2.11. The summed E-state index contributed by atoms with van der Waals surface area (Å²) in [5.74, 6) is 0.00865. The van der Waals surface area contributed by atoms with Crippen LogP contribution >= 0.6 is 11.6 Å². The van der Waals surface area contributed by atoms with Crippen molar-refractivity contribution in [3.8, 4) is 0 Å². The molecule has 0 radical (unpaired) electrons. The smallest absolute Gasteiger partial charge is 0.291 e. The summed E-state index contributed by atoms with van der Waals surface area (Å²) in [6.45, 7) is 3.66. The molecular formula is C20H20ClN3O2. The van der Waals surface area contributed by atoms with Crippen LogP contribution in [-0.4, -0.2) is 44.0 Å². The second-order valence-corrected chi connectivity index (χ2v) is 6.94. The highest BCUT2D eigenvalue weighted by atomic mass is 35.5. The Morgan fingerprint density at radius 3 is 2.62 bits per heavy atom. The number of halogens is 1. The molecule has 2 aromatic carbocycles. The van der Waals surface area contributed by atoms with Crippen molar-refractivity contribution in [2.75, 3.05) is 43.4 Å². The summed E-state index contributed by atoms with van der Waals surface area (Å²) >= 11 is 6.46. The fourth-order valence-electron chi connectivity index (χ4n) is 3.25. The molecule has 1 amide bonds. The molecule has 0 saturated carbocycles. The van der Waals surface area contributed by atoms with Crippen molar-refractivity contribution in [3.63, 3.8) is 0 Å². The van der Waals surface area contributed by atoms with E-state index in [2.05, 4.69) is 22.2 Å². The van der Waals surface area contributed by atoms with Crippen molar-refractivity contribution in [2.45, 2.75) is 0 Å². The van der Waals surface area contributed by atoms with E-state index in [1.807, 2.05) is 42.5 Å².